The molecule has 1 rings (SSSR count). The predicted octanol–water partition coefficient (Wildman–Crippen LogP) is 1.83. The van der Waals surface area contributed by atoms with Crippen LogP contribution in [0.2, 0.25) is 0 Å². The van der Waals surface area contributed by atoms with Gasteiger partial charge in [0.15, 0.2) is 0 Å². The molecule has 0 aliphatic rings. The van der Waals surface area contributed by atoms with Crippen LogP contribution in [-0.4, -0.2) is 31.1 Å². The predicted molar refractivity (Wildman–Crippen MR) is 60.8 cm³/mol. The van der Waals surface area contributed by atoms with Crippen molar-refractivity contribution in [3.05, 3.63) is 36.3 Å². The molecule has 0 aliphatic heterocycles. The van der Waals surface area contributed by atoms with E-state index in [2.05, 4.69) is 6.58 Å². The molecule has 0 spiro atoms. The molecule has 0 radical (unpaired) electrons. The van der Waals surface area contributed by atoms with Gasteiger partial charge in [0.25, 0.3) is 0 Å². The van der Waals surface area contributed by atoms with Crippen LogP contribution in [0.1, 0.15) is 12.7 Å². The van der Waals surface area contributed by atoms with Crippen molar-refractivity contribution in [1.29, 1.82) is 0 Å². The molecule has 16 heavy (non-hydrogen) atoms. The lowest BCUT2D eigenvalue weighted by molar-refractivity contribution is -0.138. The average Bonchev–Trinajstić information content (AvgIpc) is 2.70. The van der Waals surface area contributed by atoms with Crippen molar-refractivity contribution in [2.24, 2.45) is 0 Å². The van der Waals surface area contributed by atoms with Crippen LogP contribution in [-0.2, 0) is 16.1 Å². The second-order valence-electron chi connectivity index (χ2n) is 3.58. The summed E-state index contributed by atoms with van der Waals surface area (Å²) in [6, 6.07) is 3.73. The molecule has 0 saturated carbocycles. The highest BCUT2D eigenvalue weighted by Gasteiger charge is 2.11. The zero-order valence-electron chi connectivity index (χ0n) is 9.73. The van der Waals surface area contributed by atoms with E-state index < -0.39 is 0 Å². The fraction of sp³-hybridized carbons (Fsp3) is 0.417. The van der Waals surface area contributed by atoms with Crippen molar-refractivity contribution in [2.75, 3.05) is 20.2 Å². The Balaban J connectivity index is 2.36. The molecule has 0 unspecified atom stereocenters. The summed E-state index contributed by atoms with van der Waals surface area (Å²) in [5, 5.41) is 0. The molecule has 88 valence electrons. The molecule has 0 atom stereocenters. The van der Waals surface area contributed by atoms with Gasteiger partial charge in [-0.05, 0) is 26.1 Å². The van der Waals surface area contributed by atoms with Gasteiger partial charge in [0.05, 0.1) is 19.4 Å². The highest BCUT2D eigenvalue weighted by atomic mass is 16.5. The summed E-state index contributed by atoms with van der Waals surface area (Å²) < 4.78 is 10.1. The van der Waals surface area contributed by atoms with Crippen molar-refractivity contribution in [2.45, 2.75) is 13.5 Å². The summed E-state index contributed by atoms with van der Waals surface area (Å²) in [5.41, 5.74) is 0.455. The Morgan fingerprint density at radius 2 is 2.38 bits per heavy atom. The molecule has 4 nitrogen and oxygen atoms in total. The van der Waals surface area contributed by atoms with E-state index in [1.165, 1.54) is 0 Å². The van der Waals surface area contributed by atoms with E-state index >= 15 is 0 Å². The van der Waals surface area contributed by atoms with Crippen LogP contribution in [0.5, 0.6) is 0 Å². The maximum absolute atomic E-state index is 11.3. The third-order valence-corrected chi connectivity index (χ3v) is 2.03. The number of hydrogen-bond acceptors (Lipinski definition) is 4. The van der Waals surface area contributed by atoms with Crippen LogP contribution in [0.3, 0.4) is 0 Å². The van der Waals surface area contributed by atoms with Gasteiger partial charge in [-0.15, -0.1) is 0 Å². The normalized spacial score (nSPS) is 10.4. The van der Waals surface area contributed by atoms with Crippen LogP contribution >= 0.6 is 0 Å². The fourth-order valence-electron chi connectivity index (χ4n) is 1.35. The Morgan fingerprint density at radius 3 is 2.94 bits per heavy atom. The quantitative estimate of drug-likeness (QED) is 0.545. The van der Waals surface area contributed by atoms with E-state index in [1.54, 1.807) is 13.2 Å². The number of hydrogen-bond donors (Lipinski definition) is 0. The fourth-order valence-corrected chi connectivity index (χ4v) is 1.35. The summed E-state index contributed by atoms with van der Waals surface area (Å²) in [4.78, 5) is 13.3. The Hall–Kier alpha value is -1.55. The molecular formula is C12H17NO3. The minimum atomic E-state index is -0.339. The van der Waals surface area contributed by atoms with Crippen LogP contribution in [0.15, 0.2) is 35.0 Å². The van der Waals surface area contributed by atoms with E-state index in [9.17, 15) is 4.79 Å². The number of carbonyl (C=O) groups excluding carboxylic acids is 1. The van der Waals surface area contributed by atoms with E-state index in [1.807, 2.05) is 24.1 Å². The molecule has 0 aliphatic carbocycles. The lowest BCUT2D eigenvalue weighted by atomic mass is 10.3. The molecule has 1 heterocycles. The van der Waals surface area contributed by atoms with Crippen LogP contribution < -0.4 is 0 Å². The largest absolute Gasteiger partial charge is 0.468 e. The minimum absolute atomic E-state index is 0.339. The zero-order valence-corrected chi connectivity index (χ0v) is 9.73. The van der Waals surface area contributed by atoms with E-state index in [-0.39, 0.29) is 5.97 Å². The highest BCUT2D eigenvalue weighted by Crippen LogP contribution is 2.06. The van der Waals surface area contributed by atoms with Gasteiger partial charge in [-0.25, -0.2) is 4.79 Å². The lowest BCUT2D eigenvalue weighted by Gasteiger charge is -2.15. The topological polar surface area (TPSA) is 42.7 Å². The first-order chi connectivity index (χ1) is 7.63. The second-order valence-corrected chi connectivity index (χ2v) is 3.58. The standard InChI is InChI=1S/C12H17NO3/c1-4-15-12(14)10(2)8-13(3)9-11-6-5-7-16-11/h5-7H,2,4,8-9H2,1,3H3. The number of esters is 1. The molecule has 0 saturated heterocycles. The number of furan rings is 1. The van der Waals surface area contributed by atoms with Crippen molar-refractivity contribution >= 4 is 5.97 Å². The lowest BCUT2D eigenvalue weighted by Crippen LogP contribution is -2.24. The van der Waals surface area contributed by atoms with Gasteiger partial charge in [-0.2, -0.15) is 0 Å². The van der Waals surface area contributed by atoms with Gasteiger partial charge in [0.2, 0.25) is 0 Å². The smallest absolute Gasteiger partial charge is 0.334 e. The monoisotopic (exact) mass is 223 g/mol. The summed E-state index contributed by atoms with van der Waals surface area (Å²) in [6.07, 6.45) is 1.63. The van der Waals surface area contributed by atoms with Crippen LogP contribution in [0.25, 0.3) is 0 Å². The van der Waals surface area contributed by atoms with E-state index in [0.717, 1.165) is 5.76 Å². The molecule has 0 N–H and O–H groups in total. The van der Waals surface area contributed by atoms with Crippen molar-refractivity contribution < 1.29 is 13.9 Å². The summed E-state index contributed by atoms with van der Waals surface area (Å²) in [7, 11) is 1.90. The van der Waals surface area contributed by atoms with Gasteiger partial charge >= 0.3 is 5.97 Å². The number of rotatable bonds is 6. The van der Waals surface area contributed by atoms with Gasteiger partial charge < -0.3 is 9.15 Å². The van der Waals surface area contributed by atoms with Gasteiger partial charge in [0.1, 0.15) is 5.76 Å². The average molecular weight is 223 g/mol. The van der Waals surface area contributed by atoms with Crippen LogP contribution in [0, 0.1) is 0 Å². The first kappa shape index (κ1) is 12.5. The summed E-state index contributed by atoms with van der Waals surface area (Å²) in [5.74, 6) is 0.521. The van der Waals surface area contributed by atoms with Crippen LogP contribution in [0.4, 0.5) is 0 Å². The second kappa shape index (κ2) is 6.12. The Kier molecular flexibility index (Phi) is 4.79. The third-order valence-electron chi connectivity index (χ3n) is 2.03. The first-order valence-electron chi connectivity index (χ1n) is 5.19. The Labute approximate surface area is 95.5 Å². The number of likely N-dealkylation sites (N-methyl/N-ethyl adjacent to an activating group) is 1. The first-order valence-corrected chi connectivity index (χ1v) is 5.19. The third kappa shape index (κ3) is 3.90. The van der Waals surface area contributed by atoms with Gasteiger partial charge in [-0.1, -0.05) is 6.58 Å². The zero-order chi connectivity index (χ0) is 12.0. The number of carbonyl (C=O) groups is 1. The maximum Gasteiger partial charge on any atom is 0.334 e. The van der Waals surface area contributed by atoms with Crippen molar-refractivity contribution in [3.8, 4) is 0 Å². The Morgan fingerprint density at radius 1 is 1.62 bits per heavy atom. The molecular weight excluding hydrogens is 206 g/mol. The number of nitrogens with zero attached hydrogens (tertiary/aromatic N) is 1. The minimum Gasteiger partial charge on any atom is -0.468 e. The highest BCUT2D eigenvalue weighted by molar-refractivity contribution is 5.88. The summed E-state index contributed by atoms with van der Waals surface area (Å²) >= 11 is 0. The molecule has 0 fully saturated rings. The molecule has 1 aromatic heterocycles. The summed E-state index contributed by atoms with van der Waals surface area (Å²) in [6.45, 7) is 6.96. The molecule has 0 bridgehead atoms. The number of ether oxygens (including phenoxy) is 1. The molecule has 0 aromatic carbocycles. The van der Waals surface area contributed by atoms with Crippen molar-refractivity contribution in [3.63, 3.8) is 0 Å². The SMILES string of the molecule is C=C(CN(C)Cc1ccco1)C(=O)OCC. The van der Waals surface area contributed by atoms with Crippen molar-refractivity contribution in [1.82, 2.24) is 4.90 Å². The molecule has 1 aromatic rings. The van der Waals surface area contributed by atoms with E-state index in [4.69, 9.17) is 9.15 Å². The Bertz CT molecular complexity index is 343. The van der Waals surface area contributed by atoms with Gasteiger partial charge in [0, 0.05) is 12.1 Å². The maximum atomic E-state index is 11.3. The molecule has 4 heteroatoms. The molecule has 0 amide bonds. The van der Waals surface area contributed by atoms with E-state index in [0.29, 0.717) is 25.3 Å². The van der Waals surface area contributed by atoms with Gasteiger partial charge in [-0.3, -0.25) is 4.90 Å².